The second-order valence-corrected chi connectivity index (χ2v) is 4.96. The van der Waals surface area contributed by atoms with Gasteiger partial charge in [-0.15, -0.1) is 0 Å². The van der Waals surface area contributed by atoms with E-state index in [1.807, 2.05) is 11.8 Å². The Kier molecular flexibility index (Phi) is 7.11. The summed E-state index contributed by atoms with van der Waals surface area (Å²) in [4.78, 5) is 0. The van der Waals surface area contributed by atoms with Crippen LogP contribution in [0.4, 0.5) is 0 Å². The summed E-state index contributed by atoms with van der Waals surface area (Å²) < 4.78 is 10.6. The van der Waals surface area contributed by atoms with Crippen LogP contribution in [-0.4, -0.2) is 54.2 Å². The van der Waals surface area contributed by atoms with Gasteiger partial charge in [-0.05, 0) is 0 Å². The Morgan fingerprint density at radius 1 is 1.08 bits per heavy atom. The molecule has 0 aromatic rings. The highest BCUT2D eigenvalue weighted by Gasteiger charge is 2.14. The number of ether oxygens (including phenoxy) is 2. The third-order valence-corrected chi connectivity index (χ3v) is 3.78. The fourth-order valence-corrected chi connectivity index (χ4v) is 2.80. The van der Waals surface area contributed by atoms with Gasteiger partial charge in [-0.1, -0.05) is 0 Å². The lowest BCUT2D eigenvalue weighted by Crippen LogP contribution is -2.11. The van der Waals surface area contributed by atoms with E-state index in [1.165, 1.54) is 0 Å². The van der Waals surface area contributed by atoms with Crippen molar-refractivity contribution in [1.82, 2.24) is 0 Å². The van der Waals surface area contributed by atoms with E-state index in [4.69, 9.17) is 14.6 Å². The molecule has 3 nitrogen and oxygen atoms in total. The average Bonchev–Trinajstić information content (AvgIpc) is 2.63. The quantitative estimate of drug-likeness (QED) is 0.648. The fraction of sp³-hybridized carbons (Fsp3) is 1.00. The van der Waals surface area contributed by atoms with Crippen LogP contribution in [0.5, 0.6) is 0 Å². The lowest BCUT2D eigenvalue weighted by atomic mass is 10.8. The van der Waals surface area contributed by atoms with Gasteiger partial charge in [0.05, 0.1) is 19.8 Å². The molecule has 1 fully saturated rings. The summed E-state index contributed by atoms with van der Waals surface area (Å²) in [7, 11) is 0. The highest BCUT2D eigenvalue weighted by Crippen LogP contribution is 2.13. The van der Waals surface area contributed by atoms with Crippen molar-refractivity contribution in [2.45, 2.75) is 6.29 Å². The van der Waals surface area contributed by atoms with Crippen molar-refractivity contribution in [2.75, 3.05) is 42.8 Å². The Bertz CT molecular complexity index is 118. The van der Waals surface area contributed by atoms with E-state index >= 15 is 0 Å². The van der Waals surface area contributed by atoms with Crippen molar-refractivity contribution >= 4 is 23.5 Å². The van der Waals surface area contributed by atoms with Gasteiger partial charge in [-0.2, -0.15) is 23.5 Å². The molecule has 5 heteroatoms. The molecule has 1 aliphatic rings. The summed E-state index contributed by atoms with van der Waals surface area (Å²) in [5.41, 5.74) is 0. The first-order valence-electron chi connectivity index (χ1n) is 4.43. The van der Waals surface area contributed by atoms with Gasteiger partial charge >= 0.3 is 0 Å². The standard InChI is InChI=1S/C8H16O3S2/c9-1-4-12-5-6-13-7-8-10-2-3-11-8/h8-9H,1-7H2. The van der Waals surface area contributed by atoms with Crippen LogP contribution in [0.2, 0.25) is 0 Å². The summed E-state index contributed by atoms with van der Waals surface area (Å²) in [6.45, 7) is 1.76. The van der Waals surface area contributed by atoms with Crippen LogP contribution in [0.1, 0.15) is 0 Å². The molecule has 1 heterocycles. The number of hydrogen-bond acceptors (Lipinski definition) is 5. The third-order valence-electron chi connectivity index (χ3n) is 1.55. The molecule has 0 spiro atoms. The molecule has 1 aliphatic heterocycles. The molecule has 1 saturated heterocycles. The summed E-state index contributed by atoms with van der Waals surface area (Å²) >= 11 is 3.63. The maximum Gasteiger partial charge on any atom is 0.166 e. The lowest BCUT2D eigenvalue weighted by molar-refractivity contribution is -0.0214. The number of thioether (sulfide) groups is 2. The number of hydrogen-bond donors (Lipinski definition) is 1. The van der Waals surface area contributed by atoms with Crippen LogP contribution in [0.15, 0.2) is 0 Å². The zero-order valence-electron chi connectivity index (χ0n) is 7.61. The number of aliphatic hydroxyl groups is 1. The minimum atomic E-state index is 0.0211. The molecular weight excluding hydrogens is 208 g/mol. The Hall–Kier alpha value is 0.580. The molecule has 13 heavy (non-hydrogen) atoms. The Morgan fingerprint density at radius 2 is 1.77 bits per heavy atom. The monoisotopic (exact) mass is 224 g/mol. The minimum absolute atomic E-state index is 0.0211. The van der Waals surface area contributed by atoms with Crippen LogP contribution in [0, 0.1) is 0 Å². The summed E-state index contributed by atoms with van der Waals surface area (Å²) in [5.74, 6) is 3.97. The topological polar surface area (TPSA) is 38.7 Å². The van der Waals surface area contributed by atoms with Gasteiger partial charge in [0, 0.05) is 23.0 Å². The van der Waals surface area contributed by atoms with Crippen molar-refractivity contribution in [3.8, 4) is 0 Å². The van der Waals surface area contributed by atoms with Gasteiger partial charge in [-0.25, -0.2) is 0 Å². The van der Waals surface area contributed by atoms with Gasteiger partial charge in [-0.3, -0.25) is 0 Å². The molecule has 1 rings (SSSR count). The van der Waals surface area contributed by atoms with Crippen LogP contribution in [0.3, 0.4) is 0 Å². The smallest absolute Gasteiger partial charge is 0.166 e. The molecular formula is C8H16O3S2. The second-order valence-electron chi connectivity index (χ2n) is 2.58. The maximum absolute atomic E-state index is 8.53. The van der Waals surface area contributed by atoms with Crippen LogP contribution in [0.25, 0.3) is 0 Å². The molecule has 0 aromatic heterocycles. The molecule has 0 atom stereocenters. The maximum atomic E-state index is 8.53. The molecule has 0 aliphatic carbocycles. The molecule has 78 valence electrons. The largest absolute Gasteiger partial charge is 0.396 e. The Morgan fingerprint density at radius 3 is 2.46 bits per heavy atom. The molecule has 0 aromatic carbocycles. The molecule has 0 bridgehead atoms. The highest BCUT2D eigenvalue weighted by atomic mass is 32.2. The van der Waals surface area contributed by atoms with E-state index in [2.05, 4.69) is 0 Å². The summed E-state index contributed by atoms with van der Waals surface area (Å²) in [6.07, 6.45) is 0.0211. The van der Waals surface area contributed by atoms with E-state index in [1.54, 1.807) is 11.8 Å². The van der Waals surface area contributed by atoms with E-state index in [0.29, 0.717) is 0 Å². The fourth-order valence-electron chi connectivity index (χ4n) is 0.967. The molecule has 0 amide bonds. The van der Waals surface area contributed by atoms with Gasteiger partial charge in [0.25, 0.3) is 0 Å². The predicted molar refractivity (Wildman–Crippen MR) is 57.4 cm³/mol. The first-order chi connectivity index (χ1) is 6.43. The predicted octanol–water partition coefficient (Wildman–Crippen LogP) is 0.818. The first kappa shape index (κ1) is 11.7. The molecule has 0 saturated carbocycles. The number of aliphatic hydroxyl groups excluding tert-OH is 1. The highest BCUT2D eigenvalue weighted by molar-refractivity contribution is 8.02. The van der Waals surface area contributed by atoms with Crippen molar-refractivity contribution < 1.29 is 14.6 Å². The van der Waals surface area contributed by atoms with Gasteiger partial charge in [0.1, 0.15) is 0 Å². The number of rotatable bonds is 7. The van der Waals surface area contributed by atoms with Crippen molar-refractivity contribution in [1.29, 1.82) is 0 Å². The SMILES string of the molecule is OCCSCCSCC1OCCO1. The van der Waals surface area contributed by atoms with Crippen LogP contribution >= 0.6 is 23.5 Å². The third kappa shape index (κ3) is 5.80. The van der Waals surface area contributed by atoms with E-state index in [0.717, 1.165) is 36.2 Å². The first-order valence-corrected chi connectivity index (χ1v) is 6.74. The van der Waals surface area contributed by atoms with Crippen molar-refractivity contribution in [2.24, 2.45) is 0 Å². The lowest BCUT2D eigenvalue weighted by Gasteiger charge is -2.07. The van der Waals surface area contributed by atoms with E-state index in [9.17, 15) is 0 Å². The van der Waals surface area contributed by atoms with Crippen molar-refractivity contribution in [3.63, 3.8) is 0 Å². The van der Waals surface area contributed by atoms with Crippen LogP contribution < -0.4 is 0 Å². The Balaban J connectivity index is 1.78. The molecule has 0 unspecified atom stereocenters. The van der Waals surface area contributed by atoms with Gasteiger partial charge < -0.3 is 14.6 Å². The van der Waals surface area contributed by atoms with Gasteiger partial charge in [0.15, 0.2) is 6.29 Å². The Labute approximate surface area is 87.6 Å². The summed E-state index contributed by atoms with van der Waals surface area (Å²) in [6, 6.07) is 0. The zero-order valence-corrected chi connectivity index (χ0v) is 9.24. The second kappa shape index (κ2) is 7.94. The van der Waals surface area contributed by atoms with Gasteiger partial charge in [0.2, 0.25) is 0 Å². The van der Waals surface area contributed by atoms with E-state index < -0.39 is 0 Å². The molecule has 0 radical (unpaired) electrons. The minimum Gasteiger partial charge on any atom is -0.396 e. The average molecular weight is 224 g/mol. The van der Waals surface area contributed by atoms with E-state index in [-0.39, 0.29) is 12.9 Å². The van der Waals surface area contributed by atoms with Crippen molar-refractivity contribution in [3.05, 3.63) is 0 Å². The van der Waals surface area contributed by atoms with Crippen LogP contribution in [-0.2, 0) is 9.47 Å². The molecule has 1 N–H and O–H groups in total. The summed E-state index contributed by atoms with van der Waals surface area (Å²) in [5, 5.41) is 8.53. The zero-order chi connectivity index (χ0) is 9.36. The normalized spacial score (nSPS) is 18.2.